The third kappa shape index (κ3) is 1.70. The number of rotatable bonds is 3. The van der Waals surface area contributed by atoms with Crippen LogP contribution in [0, 0.1) is 0 Å². The summed E-state index contributed by atoms with van der Waals surface area (Å²) in [5, 5.41) is 8.97. The highest BCUT2D eigenvalue weighted by molar-refractivity contribution is 5.76. The second kappa shape index (κ2) is 4.48. The van der Waals surface area contributed by atoms with E-state index in [1.165, 1.54) is 13.4 Å². The topological polar surface area (TPSA) is 91.5 Å². The maximum absolute atomic E-state index is 8.97. The van der Waals surface area contributed by atoms with E-state index in [0.29, 0.717) is 23.7 Å². The molecule has 3 heterocycles. The Labute approximate surface area is 102 Å². The van der Waals surface area contributed by atoms with Crippen molar-refractivity contribution in [1.29, 1.82) is 0 Å². The van der Waals surface area contributed by atoms with Crippen molar-refractivity contribution in [2.75, 3.05) is 20.3 Å². The Morgan fingerprint density at radius 3 is 3.11 bits per heavy atom. The third-order valence-electron chi connectivity index (χ3n) is 2.72. The molecule has 0 saturated carbocycles. The van der Waals surface area contributed by atoms with Crippen LogP contribution in [0.3, 0.4) is 0 Å². The molecule has 0 aromatic carbocycles. The van der Waals surface area contributed by atoms with E-state index in [1.807, 2.05) is 0 Å². The maximum atomic E-state index is 8.97. The Morgan fingerprint density at radius 1 is 1.50 bits per heavy atom. The van der Waals surface area contributed by atoms with Crippen LogP contribution in [0.1, 0.15) is 6.23 Å². The van der Waals surface area contributed by atoms with Gasteiger partial charge in [-0.25, -0.2) is 9.97 Å². The largest absolute Gasteiger partial charge is 0.479 e. The highest BCUT2D eigenvalue weighted by Crippen LogP contribution is 2.28. The second-order valence-electron chi connectivity index (χ2n) is 3.74. The van der Waals surface area contributed by atoms with Crippen molar-refractivity contribution in [3.63, 3.8) is 0 Å². The predicted octanol–water partition coefficient (Wildman–Crippen LogP) is -0.301. The molecule has 2 atom stereocenters. The molecule has 0 spiro atoms. The van der Waals surface area contributed by atoms with Crippen LogP contribution in [-0.2, 0) is 9.47 Å². The first kappa shape index (κ1) is 11.3. The van der Waals surface area contributed by atoms with Crippen molar-refractivity contribution in [3.05, 3.63) is 12.7 Å². The van der Waals surface area contributed by atoms with Crippen molar-refractivity contribution in [2.45, 2.75) is 12.5 Å². The minimum atomic E-state index is -0.608. The molecule has 1 saturated heterocycles. The highest BCUT2D eigenvalue weighted by atomic mass is 16.7. The van der Waals surface area contributed by atoms with Crippen LogP contribution in [0.5, 0.6) is 5.88 Å². The van der Waals surface area contributed by atoms with E-state index >= 15 is 0 Å². The number of imidazole rings is 1. The van der Waals surface area contributed by atoms with E-state index in [2.05, 4.69) is 15.0 Å². The molecule has 0 unspecified atom stereocenters. The number of fused-ring (bicyclic) bond motifs is 1. The molecule has 0 amide bonds. The van der Waals surface area contributed by atoms with Crippen molar-refractivity contribution < 1.29 is 19.3 Å². The first-order valence-electron chi connectivity index (χ1n) is 5.43. The number of aromatic nitrogens is 4. The Kier molecular flexibility index (Phi) is 2.82. The molecule has 1 fully saturated rings. The van der Waals surface area contributed by atoms with Gasteiger partial charge in [-0.05, 0) is 0 Å². The van der Waals surface area contributed by atoms with Gasteiger partial charge in [-0.3, -0.25) is 4.57 Å². The fraction of sp³-hybridized carbons (Fsp3) is 0.500. The van der Waals surface area contributed by atoms with Gasteiger partial charge in [0.2, 0.25) is 5.88 Å². The van der Waals surface area contributed by atoms with E-state index in [0.717, 1.165) is 0 Å². The predicted molar refractivity (Wildman–Crippen MR) is 58.8 cm³/mol. The van der Waals surface area contributed by atoms with E-state index in [-0.39, 0.29) is 12.8 Å². The molecule has 0 radical (unpaired) electrons. The number of nitrogens with zero attached hydrogens (tertiary/aromatic N) is 4. The normalized spacial score (nSPS) is 23.7. The molecule has 0 aliphatic carbocycles. The lowest BCUT2D eigenvalue weighted by molar-refractivity contribution is -0.0980. The van der Waals surface area contributed by atoms with Crippen LogP contribution >= 0.6 is 0 Å². The van der Waals surface area contributed by atoms with Crippen LogP contribution < -0.4 is 4.74 Å². The molecule has 1 aliphatic heterocycles. The highest BCUT2D eigenvalue weighted by Gasteiger charge is 2.29. The van der Waals surface area contributed by atoms with E-state index in [9.17, 15) is 0 Å². The van der Waals surface area contributed by atoms with Gasteiger partial charge in [0, 0.05) is 0 Å². The molecule has 8 heteroatoms. The van der Waals surface area contributed by atoms with Crippen molar-refractivity contribution >= 4 is 11.2 Å². The monoisotopic (exact) mass is 252 g/mol. The Hall–Kier alpha value is -1.77. The van der Waals surface area contributed by atoms with Gasteiger partial charge in [-0.2, -0.15) is 4.98 Å². The number of ether oxygens (including phenoxy) is 3. The zero-order valence-electron chi connectivity index (χ0n) is 9.68. The summed E-state index contributed by atoms with van der Waals surface area (Å²) < 4.78 is 17.7. The molecular weight excluding hydrogens is 240 g/mol. The van der Waals surface area contributed by atoms with Gasteiger partial charge in [-0.1, -0.05) is 0 Å². The van der Waals surface area contributed by atoms with Gasteiger partial charge in [0.1, 0.15) is 12.7 Å². The second-order valence-corrected chi connectivity index (χ2v) is 3.74. The van der Waals surface area contributed by atoms with Crippen LogP contribution in [0.15, 0.2) is 12.7 Å². The van der Waals surface area contributed by atoms with Crippen LogP contribution in [0.4, 0.5) is 0 Å². The smallest absolute Gasteiger partial charge is 0.243 e. The third-order valence-corrected chi connectivity index (χ3v) is 2.72. The van der Waals surface area contributed by atoms with Crippen molar-refractivity contribution in [1.82, 2.24) is 19.5 Å². The van der Waals surface area contributed by atoms with Crippen LogP contribution in [-0.4, -0.2) is 51.2 Å². The summed E-state index contributed by atoms with van der Waals surface area (Å²) in [7, 11) is 1.53. The summed E-state index contributed by atoms with van der Waals surface area (Å²) in [5.74, 6) is 0.425. The summed E-state index contributed by atoms with van der Waals surface area (Å²) in [4.78, 5) is 12.2. The molecule has 2 aromatic heterocycles. The summed E-state index contributed by atoms with van der Waals surface area (Å²) in [6.45, 7) is 0.144. The van der Waals surface area contributed by atoms with Crippen molar-refractivity contribution in [3.8, 4) is 5.88 Å². The van der Waals surface area contributed by atoms with Gasteiger partial charge in [0.05, 0.1) is 20.3 Å². The molecule has 1 N–H and O–H groups in total. The molecule has 96 valence electrons. The zero-order valence-corrected chi connectivity index (χ0v) is 9.68. The van der Waals surface area contributed by atoms with E-state index in [1.54, 1.807) is 10.9 Å². The Morgan fingerprint density at radius 2 is 2.39 bits per heavy atom. The molecule has 3 rings (SSSR count). The average Bonchev–Trinajstić information content (AvgIpc) is 3.03. The summed E-state index contributed by atoms with van der Waals surface area (Å²) in [6, 6.07) is 0. The average molecular weight is 252 g/mol. The first-order chi connectivity index (χ1) is 8.83. The summed E-state index contributed by atoms with van der Waals surface area (Å²) in [6.07, 6.45) is 2.01. The van der Waals surface area contributed by atoms with Gasteiger partial charge < -0.3 is 19.3 Å². The lowest BCUT2D eigenvalue weighted by atomic mass is 10.5. The number of aliphatic hydroxyl groups excluding tert-OH is 1. The van der Waals surface area contributed by atoms with Gasteiger partial charge >= 0.3 is 0 Å². The maximum Gasteiger partial charge on any atom is 0.243 e. The van der Waals surface area contributed by atoms with Crippen LogP contribution in [0.25, 0.3) is 11.2 Å². The molecular formula is C10H12N4O4. The van der Waals surface area contributed by atoms with Gasteiger partial charge in [0.25, 0.3) is 0 Å². The fourth-order valence-corrected chi connectivity index (χ4v) is 1.90. The fourth-order valence-electron chi connectivity index (χ4n) is 1.90. The number of hydrogen-bond acceptors (Lipinski definition) is 7. The van der Waals surface area contributed by atoms with Gasteiger partial charge in [0.15, 0.2) is 23.7 Å². The van der Waals surface area contributed by atoms with Gasteiger partial charge in [-0.15, -0.1) is 0 Å². The Bertz CT molecular complexity index is 558. The summed E-state index contributed by atoms with van der Waals surface area (Å²) >= 11 is 0. The molecule has 8 nitrogen and oxygen atoms in total. The van der Waals surface area contributed by atoms with E-state index in [4.69, 9.17) is 19.3 Å². The minimum absolute atomic E-state index is 0.184. The minimum Gasteiger partial charge on any atom is -0.479 e. The molecule has 2 aromatic rings. The number of aliphatic hydroxyl groups is 1. The Balaban J connectivity index is 2.02. The van der Waals surface area contributed by atoms with Crippen LogP contribution in [0.2, 0.25) is 0 Å². The first-order valence-corrected chi connectivity index (χ1v) is 5.43. The molecule has 0 bridgehead atoms. The SMILES string of the molecule is COc1ncnc2ncn([C@H]3CO[C@@H](CO)O3)c12. The molecule has 18 heavy (non-hydrogen) atoms. The quantitative estimate of drug-likeness (QED) is 0.801. The standard InChI is InChI=1S/C10H12N4O4/c1-16-10-8-9(11-4-12-10)13-5-14(8)6-3-17-7(2-15)18-6/h4-7,15H,2-3H2,1H3/t6-,7-/m1/s1. The van der Waals surface area contributed by atoms with Crippen molar-refractivity contribution in [2.24, 2.45) is 0 Å². The number of methoxy groups -OCH3 is 1. The lowest BCUT2D eigenvalue weighted by Gasteiger charge is -2.12. The van der Waals surface area contributed by atoms with E-state index < -0.39 is 6.29 Å². The molecule has 1 aliphatic rings. The lowest BCUT2D eigenvalue weighted by Crippen LogP contribution is -2.15. The zero-order chi connectivity index (χ0) is 12.5. The number of hydrogen-bond donors (Lipinski definition) is 1. The summed E-state index contributed by atoms with van der Waals surface area (Å²) in [5.41, 5.74) is 1.17.